The summed E-state index contributed by atoms with van der Waals surface area (Å²) in [6.45, 7) is -0.321. The SMILES string of the molecule is O=C(O)COc1ccc2cc(-c3cccs3)ccc2c1. The molecule has 0 aliphatic heterocycles. The maximum Gasteiger partial charge on any atom is 0.341 e. The highest BCUT2D eigenvalue weighted by molar-refractivity contribution is 7.13. The summed E-state index contributed by atoms with van der Waals surface area (Å²) in [5, 5.41) is 12.8. The number of carboxylic acid groups (broad SMARTS) is 1. The van der Waals surface area contributed by atoms with E-state index in [1.165, 1.54) is 10.4 Å². The number of hydrogen-bond donors (Lipinski definition) is 1. The van der Waals surface area contributed by atoms with E-state index in [-0.39, 0.29) is 6.61 Å². The molecule has 0 saturated heterocycles. The molecule has 1 aromatic heterocycles. The van der Waals surface area contributed by atoms with Gasteiger partial charge in [-0.3, -0.25) is 0 Å². The van der Waals surface area contributed by atoms with Crippen molar-refractivity contribution >= 4 is 28.1 Å². The van der Waals surface area contributed by atoms with Gasteiger partial charge in [-0.05, 0) is 46.0 Å². The number of carbonyl (C=O) groups is 1. The standard InChI is InChI=1S/C16H12O3S/c17-16(18)10-19-14-6-5-11-8-13(4-3-12(11)9-14)15-2-1-7-20-15/h1-9H,10H2,(H,17,18). The van der Waals surface area contributed by atoms with Crippen LogP contribution in [0, 0.1) is 0 Å². The molecule has 3 rings (SSSR count). The Labute approximate surface area is 120 Å². The number of hydrogen-bond acceptors (Lipinski definition) is 3. The van der Waals surface area contributed by atoms with Gasteiger partial charge in [-0.1, -0.05) is 24.3 Å². The van der Waals surface area contributed by atoms with E-state index < -0.39 is 5.97 Å². The molecule has 0 atom stereocenters. The molecule has 2 aromatic carbocycles. The minimum atomic E-state index is -0.974. The summed E-state index contributed by atoms with van der Waals surface area (Å²) in [4.78, 5) is 11.7. The fourth-order valence-electron chi connectivity index (χ4n) is 2.05. The monoisotopic (exact) mass is 284 g/mol. The lowest BCUT2D eigenvalue weighted by Crippen LogP contribution is -2.09. The second kappa shape index (κ2) is 5.35. The summed E-state index contributed by atoms with van der Waals surface area (Å²) < 4.78 is 5.18. The van der Waals surface area contributed by atoms with Crippen LogP contribution in [0.5, 0.6) is 5.75 Å². The third kappa shape index (κ3) is 2.65. The third-order valence-corrected chi connectivity index (χ3v) is 3.90. The molecule has 100 valence electrons. The molecule has 20 heavy (non-hydrogen) atoms. The lowest BCUT2D eigenvalue weighted by Gasteiger charge is -2.06. The molecular weight excluding hydrogens is 272 g/mol. The van der Waals surface area contributed by atoms with Crippen molar-refractivity contribution < 1.29 is 14.6 Å². The van der Waals surface area contributed by atoms with Crippen LogP contribution < -0.4 is 4.74 Å². The van der Waals surface area contributed by atoms with Gasteiger partial charge in [0.1, 0.15) is 5.75 Å². The van der Waals surface area contributed by atoms with Gasteiger partial charge in [-0.15, -0.1) is 11.3 Å². The fraction of sp³-hybridized carbons (Fsp3) is 0.0625. The molecule has 0 saturated carbocycles. The van der Waals surface area contributed by atoms with Crippen LogP contribution in [0.3, 0.4) is 0 Å². The first-order valence-electron chi connectivity index (χ1n) is 6.15. The summed E-state index contributed by atoms with van der Waals surface area (Å²) in [5.74, 6) is -0.401. The molecule has 4 heteroatoms. The number of rotatable bonds is 4. The van der Waals surface area contributed by atoms with E-state index in [1.54, 1.807) is 17.4 Å². The van der Waals surface area contributed by atoms with E-state index >= 15 is 0 Å². The van der Waals surface area contributed by atoms with Gasteiger partial charge in [0.15, 0.2) is 6.61 Å². The fourth-order valence-corrected chi connectivity index (χ4v) is 2.78. The minimum absolute atomic E-state index is 0.321. The van der Waals surface area contributed by atoms with E-state index in [0.717, 1.165) is 10.8 Å². The summed E-state index contributed by atoms with van der Waals surface area (Å²) in [5.41, 5.74) is 1.19. The Bertz CT molecular complexity index is 748. The summed E-state index contributed by atoms with van der Waals surface area (Å²) in [6, 6.07) is 15.9. The molecule has 0 radical (unpaired) electrons. The zero-order valence-electron chi connectivity index (χ0n) is 10.6. The van der Waals surface area contributed by atoms with Crippen molar-refractivity contribution in [2.45, 2.75) is 0 Å². The molecule has 0 aliphatic carbocycles. The largest absolute Gasteiger partial charge is 0.482 e. The van der Waals surface area contributed by atoms with Gasteiger partial charge < -0.3 is 9.84 Å². The average molecular weight is 284 g/mol. The first-order chi connectivity index (χ1) is 9.72. The summed E-state index contributed by atoms with van der Waals surface area (Å²) in [7, 11) is 0. The molecule has 3 aromatic rings. The molecule has 0 fully saturated rings. The molecule has 0 spiro atoms. The molecule has 0 aliphatic rings. The maximum absolute atomic E-state index is 10.5. The number of carboxylic acids is 1. The van der Waals surface area contributed by atoms with Crippen molar-refractivity contribution in [1.82, 2.24) is 0 Å². The molecular formula is C16H12O3S. The van der Waals surface area contributed by atoms with Crippen LogP contribution in [0.25, 0.3) is 21.2 Å². The molecule has 1 N–H and O–H groups in total. The van der Waals surface area contributed by atoms with Gasteiger partial charge in [0.25, 0.3) is 0 Å². The van der Waals surface area contributed by atoms with Crippen LogP contribution in [0.4, 0.5) is 0 Å². The van der Waals surface area contributed by atoms with Crippen LogP contribution in [-0.2, 0) is 4.79 Å². The van der Waals surface area contributed by atoms with Gasteiger partial charge in [0, 0.05) is 4.88 Å². The Hall–Kier alpha value is -2.33. The van der Waals surface area contributed by atoms with Gasteiger partial charge in [-0.25, -0.2) is 4.79 Å². The van der Waals surface area contributed by atoms with Crippen molar-refractivity contribution in [2.24, 2.45) is 0 Å². The first-order valence-corrected chi connectivity index (χ1v) is 7.02. The zero-order chi connectivity index (χ0) is 13.9. The van der Waals surface area contributed by atoms with Gasteiger partial charge >= 0.3 is 5.97 Å². The van der Waals surface area contributed by atoms with Crippen LogP contribution >= 0.6 is 11.3 Å². The van der Waals surface area contributed by atoms with Crippen LogP contribution in [0.2, 0.25) is 0 Å². The Kier molecular flexibility index (Phi) is 3.39. The maximum atomic E-state index is 10.5. The van der Waals surface area contributed by atoms with Gasteiger partial charge in [0.2, 0.25) is 0 Å². The normalized spacial score (nSPS) is 10.6. The molecule has 0 unspecified atom stereocenters. The van der Waals surface area contributed by atoms with E-state index in [2.05, 4.69) is 23.6 Å². The van der Waals surface area contributed by atoms with Crippen molar-refractivity contribution in [3.8, 4) is 16.2 Å². The van der Waals surface area contributed by atoms with E-state index in [0.29, 0.717) is 5.75 Å². The van der Waals surface area contributed by atoms with Crippen molar-refractivity contribution in [2.75, 3.05) is 6.61 Å². The third-order valence-electron chi connectivity index (χ3n) is 2.98. The second-order valence-corrected chi connectivity index (χ2v) is 5.33. The van der Waals surface area contributed by atoms with Crippen LogP contribution in [-0.4, -0.2) is 17.7 Å². The number of aliphatic carboxylic acids is 1. The zero-order valence-corrected chi connectivity index (χ0v) is 11.4. The Morgan fingerprint density at radius 1 is 1.10 bits per heavy atom. The highest BCUT2D eigenvalue weighted by atomic mass is 32.1. The highest BCUT2D eigenvalue weighted by Gasteiger charge is 2.03. The Morgan fingerprint density at radius 2 is 1.90 bits per heavy atom. The van der Waals surface area contributed by atoms with Crippen molar-refractivity contribution in [1.29, 1.82) is 0 Å². The molecule has 3 nitrogen and oxygen atoms in total. The van der Waals surface area contributed by atoms with Crippen molar-refractivity contribution in [3.05, 3.63) is 53.9 Å². The number of thiophene rings is 1. The number of fused-ring (bicyclic) bond motifs is 1. The number of benzene rings is 2. The van der Waals surface area contributed by atoms with Crippen LogP contribution in [0.15, 0.2) is 53.9 Å². The predicted octanol–water partition coefficient (Wildman–Crippen LogP) is 4.03. The smallest absolute Gasteiger partial charge is 0.341 e. The number of ether oxygens (including phenoxy) is 1. The predicted molar refractivity (Wildman–Crippen MR) is 80.4 cm³/mol. The Morgan fingerprint density at radius 3 is 2.65 bits per heavy atom. The minimum Gasteiger partial charge on any atom is -0.482 e. The van der Waals surface area contributed by atoms with Gasteiger partial charge in [0.05, 0.1) is 0 Å². The van der Waals surface area contributed by atoms with Crippen molar-refractivity contribution in [3.63, 3.8) is 0 Å². The molecule has 0 amide bonds. The van der Waals surface area contributed by atoms with E-state index in [9.17, 15) is 4.79 Å². The Balaban J connectivity index is 1.93. The topological polar surface area (TPSA) is 46.5 Å². The molecule has 1 heterocycles. The van der Waals surface area contributed by atoms with Gasteiger partial charge in [-0.2, -0.15) is 0 Å². The lowest BCUT2D eigenvalue weighted by molar-refractivity contribution is -0.139. The first kappa shape index (κ1) is 12.7. The summed E-state index contributed by atoms with van der Waals surface area (Å²) >= 11 is 1.71. The van der Waals surface area contributed by atoms with Crippen LogP contribution in [0.1, 0.15) is 0 Å². The van der Waals surface area contributed by atoms with E-state index in [1.807, 2.05) is 24.3 Å². The summed E-state index contributed by atoms with van der Waals surface area (Å²) in [6.07, 6.45) is 0. The molecule has 0 bridgehead atoms. The highest BCUT2D eigenvalue weighted by Crippen LogP contribution is 2.29. The lowest BCUT2D eigenvalue weighted by atomic mass is 10.1. The second-order valence-electron chi connectivity index (χ2n) is 4.38. The quantitative estimate of drug-likeness (QED) is 0.786. The average Bonchev–Trinajstić information content (AvgIpc) is 2.98. The van der Waals surface area contributed by atoms with E-state index in [4.69, 9.17) is 9.84 Å².